The number of esters is 2. The third-order valence-corrected chi connectivity index (χ3v) is 5.08. The molecular weight excluding hydrogens is 430 g/mol. The number of rotatable bonds is 10. The van der Waals surface area contributed by atoms with Crippen molar-refractivity contribution in [2.24, 2.45) is 0 Å². The predicted octanol–water partition coefficient (Wildman–Crippen LogP) is 2.96. The molecule has 0 bridgehead atoms. The van der Waals surface area contributed by atoms with Crippen molar-refractivity contribution in [1.29, 1.82) is 0 Å². The first-order valence-corrected chi connectivity index (χ1v) is 11.0. The first-order chi connectivity index (χ1) is 16.0. The van der Waals surface area contributed by atoms with Crippen LogP contribution in [0.25, 0.3) is 11.0 Å². The van der Waals surface area contributed by atoms with Gasteiger partial charge in [0.05, 0.1) is 36.0 Å². The molecule has 1 aliphatic heterocycles. The Bertz CT molecular complexity index is 1070. The highest BCUT2D eigenvalue weighted by Crippen LogP contribution is 2.42. The standard InChI is InChI=1S/C23H29N3O7/c1-6-29-21(27)16-13(5)24-20(23(31-8-3)32-9-4)18(22(28)30-7-2)17(16)14-11-10-12-15-19(14)26-33-25-15/h10-12,17,23-24H,6-9H2,1-5H3. The number of nitrogens with zero attached hydrogens (tertiary/aromatic N) is 2. The van der Waals surface area contributed by atoms with Gasteiger partial charge in [-0.3, -0.25) is 0 Å². The fraction of sp³-hybridized carbons (Fsp3) is 0.478. The largest absolute Gasteiger partial charge is 0.463 e. The number of hydrogen-bond acceptors (Lipinski definition) is 10. The maximum Gasteiger partial charge on any atom is 0.336 e. The van der Waals surface area contributed by atoms with Gasteiger partial charge in [0.1, 0.15) is 11.0 Å². The summed E-state index contributed by atoms with van der Waals surface area (Å²) in [5.41, 5.74) is 2.75. The molecule has 10 heteroatoms. The van der Waals surface area contributed by atoms with Crippen molar-refractivity contribution in [3.05, 3.63) is 46.3 Å². The van der Waals surface area contributed by atoms with E-state index in [0.29, 0.717) is 41.2 Å². The molecule has 0 saturated carbocycles. The van der Waals surface area contributed by atoms with Crippen LogP contribution in [-0.2, 0) is 28.5 Å². The fourth-order valence-electron chi connectivity index (χ4n) is 3.84. The highest BCUT2D eigenvalue weighted by Gasteiger charge is 2.42. The third kappa shape index (κ3) is 4.91. The summed E-state index contributed by atoms with van der Waals surface area (Å²) < 4.78 is 27.3. The SMILES string of the molecule is CCOC(=O)C1=C(C)NC(C(OCC)OCC)=C(C(=O)OCC)C1c1cccc2nonc12. The lowest BCUT2D eigenvalue weighted by Gasteiger charge is -2.34. The van der Waals surface area contributed by atoms with Gasteiger partial charge < -0.3 is 24.3 Å². The van der Waals surface area contributed by atoms with E-state index in [-0.39, 0.29) is 24.4 Å². The lowest BCUT2D eigenvalue weighted by atomic mass is 9.79. The van der Waals surface area contributed by atoms with Crippen molar-refractivity contribution in [3.63, 3.8) is 0 Å². The van der Waals surface area contributed by atoms with Gasteiger partial charge in [-0.2, -0.15) is 0 Å². The van der Waals surface area contributed by atoms with E-state index >= 15 is 0 Å². The van der Waals surface area contributed by atoms with Crippen molar-refractivity contribution in [2.45, 2.75) is 46.8 Å². The third-order valence-electron chi connectivity index (χ3n) is 5.08. The number of benzene rings is 1. The van der Waals surface area contributed by atoms with Crippen LogP contribution in [0.15, 0.2) is 45.4 Å². The van der Waals surface area contributed by atoms with Crippen LogP contribution in [0.3, 0.4) is 0 Å². The molecule has 2 heterocycles. The second-order valence-electron chi connectivity index (χ2n) is 7.09. The van der Waals surface area contributed by atoms with Gasteiger partial charge in [-0.25, -0.2) is 14.2 Å². The van der Waals surface area contributed by atoms with E-state index in [9.17, 15) is 9.59 Å². The molecule has 1 aliphatic rings. The molecule has 1 unspecified atom stereocenters. The quantitative estimate of drug-likeness (QED) is 0.419. The normalized spacial score (nSPS) is 16.4. The van der Waals surface area contributed by atoms with Crippen molar-refractivity contribution >= 4 is 23.0 Å². The Hall–Kier alpha value is -3.24. The molecule has 33 heavy (non-hydrogen) atoms. The number of carbonyl (C=O) groups excluding carboxylic acids is 2. The molecule has 0 amide bonds. The van der Waals surface area contributed by atoms with Crippen LogP contribution in [0.2, 0.25) is 0 Å². The Balaban J connectivity index is 2.33. The zero-order valence-corrected chi connectivity index (χ0v) is 19.5. The minimum atomic E-state index is -0.879. The number of ether oxygens (including phenoxy) is 4. The Kier molecular flexibility index (Phi) is 8.18. The fourth-order valence-corrected chi connectivity index (χ4v) is 3.84. The van der Waals surface area contributed by atoms with E-state index in [2.05, 4.69) is 15.6 Å². The van der Waals surface area contributed by atoms with Gasteiger partial charge in [-0.15, -0.1) is 0 Å². The molecule has 1 N–H and O–H groups in total. The number of fused-ring (bicyclic) bond motifs is 1. The van der Waals surface area contributed by atoms with Crippen LogP contribution in [-0.4, -0.2) is 55.0 Å². The van der Waals surface area contributed by atoms with Gasteiger partial charge in [-0.1, -0.05) is 12.1 Å². The molecule has 10 nitrogen and oxygen atoms in total. The highest BCUT2D eigenvalue weighted by atomic mass is 16.7. The summed E-state index contributed by atoms with van der Waals surface area (Å²) in [5.74, 6) is -2.05. The molecule has 0 saturated heterocycles. The van der Waals surface area contributed by atoms with Gasteiger partial charge >= 0.3 is 11.9 Å². The first-order valence-electron chi connectivity index (χ1n) is 11.0. The number of dihydropyridines is 1. The summed E-state index contributed by atoms with van der Waals surface area (Å²) >= 11 is 0. The molecule has 1 atom stereocenters. The van der Waals surface area contributed by atoms with Crippen LogP contribution in [0, 0.1) is 0 Å². The zero-order chi connectivity index (χ0) is 24.0. The van der Waals surface area contributed by atoms with E-state index in [1.54, 1.807) is 39.0 Å². The average molecular weight is 459 g/mol. The summed E-state index contributed by atoms with van der Waals surface area (Å²) in [7, 11) is 0. The topological polar surface area (TPSA) is 122 Å². The number of carbonyl (C=O) groups is 2. The summed E-state index contributed by atoms with van der Waals surface area (Å²) in [6.07, 6.45) is -0.879. The second-order valence-corrected chi connectivity index (χ2v) is 7.09. The Morgan fingerprint density at radius 3 is 2.21 bits per heavy atom. The molecule has 178 valence electrons. The van der Waals surface area contributed by atoms with Crippen molar-refractivity contribution < 1.29 is 33.2 Å². The summed E-state index contributed by atoms with van der Waals surface area (Å²) in [4.78, 5) is 26.5. The van der Waals surface area contributed by atoms with Gasteiger partial charge in [0.2, 0.25) is 0 Å². The summed E-state index contributed by atoms with van der Waals surface area (Å²) in [6.45, 7) is 9.80. The smallest absolute Gasteiger partial charge is 0.336 e. The lowest BCUT2D eigenvalue weighted by molar-refractivity contribution is -0.141. The van der Waals surface area contributed by atoms with Gasteiger partial charge in [-0.05, 0) is 56.6 Å². The molecule has 2 aromatic rings. The monoisotopic (exact) mass is 459 g/mol. The van der Waals surface area contributed by atoms with Crippen LogP contribution in [0.1, 0.15) is 46.1 Å². The molecular formula is C23H29N3O7. The van der Waals surface area contributed by atoms with Crippen molar-refractivity contribution in [3.8, 4) is 0 Å². The molecule has 0 spiro atoms. The van der Waals surface area contributed by atoms with Gasteiger partial charge in [0, 0.05) is 18.9 Å². The van der Waals surface area contributed by atoms with E-state index in [0.717, 1.165) is 0 Å². The number of hydrogen-bond donors (Lipinski definition) is 1. The van der Waals surface area contributed by atoms with Crippen LogP contribution >= 0.6 is 0 Å². The van der Waals surface area contributed by atoms with E-state index in [1.165, 1.54) is 0 Å². The van der Waals surface area contributed by atoms with E-state index in [1.807, 2.05) is 13.8 Å². The lowest BCUT2D eigenvalue weighted by Crippen LogP contribution is -2.39. The Labute approximate surface area is 191 Å². The van der Waals surface area contributed by atoms with Gasteiger partial charge in [0.25, 0.3) is 0 Å². The first kappa shape index (κ1) is 24.4. The van der Waals surface area contributed by atoms with Crippen LogP contribution < -0.4 is 5.32 Å². The van der Waals surface area contributed by atoms with E-state index in [4.69, 9.17) is 23.6 Å². The Morgan fingerprint density at radius 1 is 0.970 bits per heavy atom. The predicted molar refractivity (Wildman–Crippen MR) is 118 cm³/mol. The minimum absolute atomic E-state index is 0.142. The average Bonchev–Trinajstić information content (AvgIpc) is 3.27. The maximum atomic E-state index is 13.3. The van der Waals surface area contributed by atoms with Crippen LogP contribution in [0.5, 0.6) is 0 Å². The summed E-state index contributed by atoms with van der Waals surface area (Å²) in [6, 6.07) is 5.25. The molecule has 1 aromatic heterocycles. The number of allylic oxidation sites excluding steroid dienone is 1. The minimum Gasteiger partial charge on any atom is -0.463 e. The van der Waals surface area contributed by atoms with Gasteiger partial charge in [0.15, 0.2) is 6.29 Å². The maximum absolute atomic E-state index is 13.3. The van der Waals surface area contributed by atoms with Crippen molar-refractivity contribution in [2.75, 3.05) is 26.4 Å². The molecule has 3 rings (SSSR count). The van der Waals surface area contributed by atoms with E-state index < -0.39 is 24.1 Å². The molecule has 0 radical (unpaired) electrons. The molecule has 1 aromatic carbocycles. The van der Waals surface area contributed by atoms with Crippen LogP contribution in [0.4, 0.5) is 0 Å². The number of nitrogens with one attached hydrogen (secondary N) is 1. The molecule has 0 aliphatic carbocycles. The summed E-state index contributed by atoms with van der Waals surface area (Å²) in [5, 5.41) is 11.1. The zero-order valence-electron chi connectivity index (χ0n) is 19.5. The molecule has 0 fully saturated rings. The highest BCUT2D eigenvalue weighted by molar-refractivity contribution is 6.01. The van der Waals surface area contributed by atoms with Crippen molar-refractivity contribution in [1.82, 2.24) is 15.6 Å². The Morgan fingerprint density at radius 2 is 1.61 bits per heavy atom. The number of aromatic nitrogens is 2. The second kappa shape index (κ2) is 11.1.